The van der Waals surface area contributed by atoms with Gasteiger partial charge < -0.3 is 15.0 Å². The minimum Gasteiger partial charge on any atom is -0.367 e. The molecule has 2 heterocycles. The zero-order chi connectivity index (χ0) is 18.5. The number of hydrogen-bond donors (Lipinski definition) is 1. The van der Waals surface area contributed by atoms with E-state index in [-0.39, 0.29) is 42.0 Å². The summed E-state index contributed by atoms with van der Waals surface area (Å²) in [6.07, 6.45) is 1.67. The molecule has 0 radical (unpaired) electrons. The fourth-order valence-corrected chi connectivity index (χ4v) is 3.09. The van der Waals surface area contributed by atoms with Crippen LogP contribution in [0.1, 0.15) is 30.1 Å². The van der Waals surface area contributed by atoms with Gasteiger partial charge in [-0.15, -0.1) is 24.0 Å². The van der Waals surface area contributed by atoms with E-state index >= 15 is 0 Å². The number of nitrogens with one attached hydrogen (secondary N) is 1. The monoisotopic (exact) mass is 485 g/mol. The normalized spacial score (nSPS) is 20.1. The third kappa shape index (κ3) is 5.83. The lowest BCUT2D eigenvalue weighted by Gasteiger charge is -2.38. The lowest BCUT2D eigenvalue weighted by molar-refractivity contribution is -0.0605. The second-order valence-corrected chi connectivity index (χ2v) is 6.39. The largest absolute Gasteiger partial charge is 0.367 e. The Kier molecular flexibility index (Phi) is 7.91. The number of guanidine groups is 1. The summed E-state index contributed by atoms with van der Waals surface area (Å²) >= 11 is 0. The molecule has 1 aromatic heterocycles. The second-order valence-electron chi connectivity index (χ2n) is 6.39. The molecule has 0 amide bonds. The van der Waals surface area contributed by atoms with E-state index in [9.17, 15) is 4.39 Å². The highest BCUT2D eigenvalue weighted by Gasteiger charge is 2.28. The van der Waals surface area contributed by atoms with Crippen molar-refractivity contribution < 1.29 is 9.13 Å². The van der Waals surface area contributed by atoms with Crippen molar-refractivity contribution in [3.8, 4) is 0 Å². The van der Waals surface area contributed by atoms with Crippen molar-refractivity contribution in [2.75, 3.05) is 20.1 Å². The molecule has 0 saturated carbocycles. The first-order chi connectivity index (χ1) is 12.5. The van der Waals surface area contributed by atoms with Crippen molar-refractivity contribution in [3.63, 3.8) is 0 Å². The number of aliphatic imine (C=N–C) groups is 1. The molecule has 1 aliphatic heterocycles. The standard InChI is InChI=1S/C19H24FN5O.HI/c1-13-11-25(12-18(26-13)15-4-6-16(20)7-5-15)19(21-3)23-10-17-8-9-22-14(2)24-17;/h4-9,13,18H,10-12H2,1-3H3,(H,21,23);1H. The molecule has 3 rings (SSSR count). The van der Waals surface area contributed by atoms with Crippen LogP contribution in [0.15, 0.2) is 41.5 Å². The quantitative estimate of drug-likeness (QED) is 0.412. The minimum absolute atomic E-state index is 0. The lowest BCUT2D eigenvalue weighted by atomic mass is 10.1. The molecule has 2 atom stereocenters. The Balaban J connectivity index is 0.00000261. The number of halogens is 2. The van der Waals surface area contributed by atoms with Crippen molar-refractivity contribution in [3.05, 3.63) is 59.4 Å². The SMILES string of the molecule is CN=C(NCc1ccnc(C)n1)N1CC(C)OC(c2ccc(F)cc2)C1.I. The van der Waals surface area contributed by atoms with Gasteiger partial charge in [0.25, 0.3) is 0 Å². The predicted octanol–water partition coefficient (Wildman–Crippen LogP) is 3.08. The number of rotatable bonds is 3. The van der Waals surface area contributed by atoms with Crippen LogP contribution in [-0.4, -0.2) is 47.1 Å². The van der Waals surface area contributed by atoms with E-state index in [1.165, 1.54) is 12.1 Å². The second kappa shape index (κ2) is 9.93. The molecule has 27 heavy (non-hydrogen) atoms. The van der Waals surface area contributed by atoms with Crippen LogP contribution in [-0.2, 0) is 11.3 Å². The van der Waals surface area contributed by atoms with Crippen LogP contribution in [0.25, 0.3) is 0 Å². The van der Waals surface area contributed by atoms with Crippen molar-refractivity contribution in [2.24, 2.45) is 4.99 Å². The molecule has 0 aliphatic carbocycles. The van der Waals surface area contributed by atoms with E-state index in [0.29, 0.717) is 13.1 Å². The van der Waals surface area contributed by atoms with E-state index in [2.05, 4.69) is 25.2 Å². The smallest absolute Gasteiger partial charge is 0.194 e. The molecule has 0 bridgehead atoms. The zero-order valence-electron chi connectivity index (χ0n) is 15.7. The summed E-state index contributed by atoms with van der Waals surface area (Å²) in [7, 11) is 1.76. The number of nitrogens with zero attached hydrogens (tertiary/aromatic N) is 4. The van der Waals surface area contributed by atoms with Crippen molar-refractivity contribution in [1.82, 2.24) is 20.2 Å². The van der Waals surface area contributed by atoms with E-state index in [1.807, 2.05) is 19.9 Å². The van der Waals surface area contributed by atoms with Crippen molar-refractivity contribution >= 4 is 29.9 Å². The Morgan fingerprint density at radius 2 is 2.04 bits per heavy atom. The summed E-state index contributed by atoms with van der Waals surface area (Å²) in [5.74, 6) is 1.30. The van der Waals surface area contributed by atoms with Crippen LogP contribution in [0.5, 0.6) is 0 Å². The van der Waals surface area contributed by atoms with Gasteiger partial charge in [-0.05, 0) is 37.6 Å². The molecule has 6 nitrogen and oxygen atoms in total. The highest BCUT2D eigenvalue weighted by molar-refractivity contribution is 14.0. The predicted molar refractivity (Wildman–Crippen MR) is 114 cm³/mol. The highest BCUT2D eigenvalue weighted by Crippen LogP contribution is 2.25. The average molecular weight is 485 g/mol. The number of hydrogen-bond acceptors (Lipinski definition) is 4. The lowest BCUT2D eigenvalue weighted by Crippen LogP contribution is -2.50. The van der Waals surface area contributed by atoms with Gasteiger partial charge in [0, 0.05) is 19.8 Å². The van der Waals surface area contributed by atoms with Gasteiger partial charge >= 0.3 is 0 Å². The number of morpholine rings is 1. The minimum atomic E-state index is -0.243. The summed E-state index contributed by atoms with van der Waals surface area (Å²) in [4.78, 5) is 15.1. The van der Waals surface area contributed by atoms with E-state index in [4.69, 9.17) is 4.74 Å². The summed E-state index contributed by atoms with van der Waals surface area (Å²) in [5.41, 5.74) is 1.87. The molecule has 2 unspecified atom stereocenters. The molecule has 1 N–H and O–H groups in total. The summed E-state index contributed by atoms with van der Waals surface area (Å²) in [6, 6.07) is 8.36. The van der Waals surface area contributed by atoms with Gasteiger partial charge in [0.2, 0.25) is 0 Å². The third-order valence-corrected chi connectivity index (χ3v) is 4.27. The fraction of sp³-hybridized carbons (Fsp3) is 0.421. The molecule has 1 saturated heterocycles. The molecule has 1 aromatic carbocycles. The van der Waals surface area contributed by atoms with Crippen molar-refractivity contribution in [1.29, 1.82) is 0 Å². The van der Waals surface area contributed by atoms with Gasteiger partial charge in [-0.3, -0.25) is 4.99 Å². The molecular formula is C19H25FIN5O. The Morgan fingerprint density at radius 1 is 1.30 bits per heavy atom. The average Bonchev–Trinajstić information content (AvgIpc) is 2.62. The summed E-state index contributed by atoms with van der Waals surface area (Å²) in [6.45, 7) is 5.86. The van der Waals surface area contributed by atoms with Gasteiger partial charge in [0.05, 0.1) is 24.9 Å². The zero-order valence-corrected chi connectivity index (χ0v) is 18.1. The Bertz CT molecular complexity index is 771. The Hall–Kier alpha value is -1.81. The molecule has 8 heteroatoms. The number of aryl methyl sites for hydroxylation is 1. The summed E-state index contributed by atoms with van der Waals surface area (Å²) in [5, 5.41) is 3.35. The van der Waals surface area contributed by atoms with Crippen LogP contribution >= 0.6 is 24.0 Å². The van der Waals surface area contributed by atoms with Gasteiger partial charge in [-0.2, -0.15) is 0 Å². The molecule has 1 aliphatic rings. The maximum Gasteiger partial charge on any atom is 0.194 e. The van der Waals surface area contributed by atoms with Crippen molar-refractivity contribution in [2.45, 2.75) is 32.6 Å². The first-order valence-electron chi connectivity index (χ1n) is 8.70. The van der Waals surface area contributed by atoms with Crippen LogP contribution in [0, 0.1) is 12.7 Å². The molecule has 1 fully saturated rings. The molecule has 2 aromatic rings. The maximum atomic E-state index is 13.2. The van der Waals surface area contributed by atoms with E-state index in [0.717, 1.165) is 29.6 Å². The Morgan fingerprint density at radius 3 is 2.70 bits per heavy atom. The maximum absolute atomic E-state index is 13.2. The van der Waals surface area contributed by atoms with Crippen LogP contribution in [0.2, 0.25) is 0 Å². The van der Waals surface area contributed by atoms with Crippen LogP contribution < -0.4 is 5.32 Å². The number of benzene rings is 1. The third-order valence-electron chi connectivity index (χ3n) is 4.27. The first kappa shape index (κ1) is 21.5. The number of ether oxygens (including phenoxy) is 1. The number of aromatic nitrogens is 2. The van der Waals surface area contributed by atoms with E-state index < -0.39 is 0 Å². The van der Waals surface area contributed by atoms with Gasteiger partial charge in [0.15, 0.2) is 5.96 Å². The van der Waals surface area contributed by atoms with Crippen LogP contribution in [0.3, 0.4) is 0 Å². The first-order valence-corrected chi connectivity index (χ1v) is 8.70. The summed E-state index contributed by atoms with van der Waals surface area (Å²) < 4.78 is 19.2. The Labute approximate surface area is 176 Å². The molecular weight excluding hydrogens is 460 g/mol. The topological polar surface area (TPSA) is 62.6 Å². The van der Waals surface area contributed by atoms with Crippen LogP contribution in [0.4, 0.5) is 4.39 Å². The van der Waals surface area contributed by atoms with Gasteiger partial charge in [0.1, 0.15) is 17.7 Å². The highest BCUT2D eigenvalue weighted by atomic mass is 127. The molecule has 0 spiro atoms. The van der Waals surface area contributed by atoms with Gasteiger partial charge in [-0.1, -0.05) is 12.1 Å². The fourth-order valence-electron chi connectivity index (χ4n) is 3.09. The van der Waals surface area contributed by atoms with E-state index in [1.54, 1.807) is 25.4 Å². The molecule has 146 valence electrons. The van der Waals surface area contributed by atoms with Gasteiger partial charge in [-0.25, -0.2) is 14.4 Å².